The van der Waals surface area contributed by atoms with Gasteiger partial charge in [0.25, 0.3) is 11.6 Å². The molecule has 128 valence electrons. The zero-order chi connectivity index (χ0) is 18.0. The van der Waals surface area contributed by atoms with E-state index in [2.05, 4.69) is 10.3 Å². The topological polar surface area (TPSA) is 127 Å². The second-order valence-corrected chi connectivity index (χ2v) is 5.91. The maximum Gasteiger partial charge on any atom is 0.326 e. The number of nitrogens with one attached hydrogen (secondary N) is 1. The van der Waals surface area contributed by atoms with Crippen LogP contribution in [0.3, 0.4) is 0 Å². The molecule has 0 saturated carbocycles. The number of rotatable bonds is 6. The van der Waals surface area contributed by atoms with Crippen molar-refractivity contribution in [3.63, 3.8) is 0 Å². The van der Waals surface area contributed by atoms with E-state index in [1.807, 2.05) is 13.8 Å². The van der Waals surface area contributed by atoms with Crippen molar-refractivity contribution in [3.8, 4) is 0 Å². The number of hydrogen-bond donors (Lipinski definition) is 2. The molecule has 24 heavy (non-hydrogen) atoms. The lowest BCUT2D eigenvalue weighted by atomic mass is 10.0. The van der Waals surface area contributed by atoms with E-state index in [0.717, 1.165) is 0 Å². The Labute approximate surface area is 137 Å². The van der Waals surface area contributed by atoms with Crippen LogP contribution in [0.2, 0.25) is 0 Å². The summed E-state index contributed by atoms with van der Waals surface area (Å²) in [7, 11) is 0. The number of carboxylic acid groups (broad SMARTS) is 1. The first-order chi connectivity index (χ1) is 11.2. The molecule has 9 nitrogen and oxygen atoms in total. The number of nitro groups is 1. The number of amides is 1. The fourth-order valence-corrected chi connectivity index (χ4v) is 2.45. The summed E-state index contributed by atoms with van der Waals surface area (Å²) < 4.78 is 1.30. The van der Waals surface area contributed by atoms with Gasteiger partial charge in [0.1, 0.15) is 17.4 Å². The van der Waals surface area contributed by atoms with Crippen molar-refractivity contribution in [2.75, 3.05) is 0 Å². The molecule has 0 bridgehead atoms. The van der Waals surface area contributed by atoms with Gasteiger partial charge in [0.05, 0.1) is 16.8 Å². The quantitative estimate of drug-likeness (QED) is 0.612. The zero-order valence-electron chi connectivity index (χ0n) is 13.5. The Morgan fingerprint density at radius 1 is 1.42 bits per heavy atom. The van der Waals surface area contributed by atoms with E-state index in [-0.39, 0.29) is 23.7 Å². The molecule has 2 heterocycles. The van der Waals surface area contributed by atoms with Crippen LogP contribution in [0.4, 0.5) is 5.69 Å². The van der Waals surface area contributed by atoms with E-state index in [9.17, 15) is 24.8 Å². The number of carbonyl (C=O) groups is 2. The highest BCUT2D eigenvalue weighted by molar-refractivity contribution is 5.97. The molecule has 0 aliphatic carbocycles. The molecule has 1 amide bonds. The number of hydrogen-bond acceptors (Lipinski definition) is 5. The van der Waals surface area contributed by atoms with Crippen LogP contribution in [0.15, 0.2) is 18.3 Å². The lowest BCUT2D eigenvalue weighted by molar-refractivity contribution is -0.385. The summed E-state index contributed by atoms with van der Waals surface area (Å²) in [6, 6.07) is 1.69. The van der Waals surface area contributed by atoms with Gasteiger partial charge in [-0.15, -0.1) is 0 Å². The van der Waals surface area contributed by atoms with Gasteiger partial charge in [-0.3, -0.25) is 19.3 Å². The lowest BCUT2D eigenvalue weighted by Crippen LogP contribution is -2.42. The minimum absolute atomic E-state index is 0.0794. The summed E-state index contributed by atoms with van der Waals surface area (Å²) in [6.07, 6.45) is 1.47. The van der Waals surface area contributed by atoms with Crippen molar-refractivity contribution in [1.82, 2.24) is 14.7 Å². The third-order valence-electron chi connectivity index (χ3n) is 3.51. The van der Waals surface area contributed by atoms with Crippen molar-refractivity contribution in [3.05, 3.63) is 39.8 Å². The van der Waals surface area contributed by atoms with E-state index in [4.69, 9.17) is 0 Å². The number of nitrogens with zero attached hydrogens (tertiary/aromatic N) is 3. The maximum atomic E-state index is 12.5. The van der Waals surface area contributed by atoms with Crippen molar-refractivity contribution in [2.45, 2.75) is 33.2 Å². The van der Waals surface area contributed by atoms with Crippen molar-refractivity contribution in [1.29, 1.82) is 0 Å². The molecule has 9 heteroatoms. The Balaban J connectivity index is 2.41. The fraction of sp³-hybridized carbons (Fsp3) is 0.400. The molecular formula is C15H18N4O5. The minimum atomic E-state index is -1.13. The second kappa shape index (κ2) is 6.65. The van der Waals surface area contributed by atoms with Crippen LogP contribution in [0.5, 0.6) is 0 Å². The standard InChI is InChI=1S/C15H18N4O5/c1-8(2)6-11(15(21)22)17-14(20)13-9(3)16-12-5-4-10(19(23)24)7-18(12)13/h4-5,7-8,11H,6H2,1-3H3,(H,17,20)(H,21,22). The first kappa shape index (κ1) is 17.4. The highest BCUT2D eigenvalue weighted by Gasteiger charge is 2.25. The molecular weight excluding hydrogens is 316 g/mol. The number of fused-ring (bicyclic) bond motifs is 1. The predicted molar refractivity (Wildman–Crippen MR) is 84.9 cm³/mol. The molecule has 1 atom stereocenters. The Morgan fingerprint density at radius 2 is 2.08 bits per heavy atom. The van der Waals surface area contributed by atoms with Crippen LogP contribution in [0, 0.1) is 23.0 Å². The van der Waals surface area contributed by atoms with Gasteiger partial charge in [-0.2, -0.15) is 0 Å². The number of imidazole rings is 1. The van der Waals surface area contributed by atoms with E-state index in [0.29, 0.717) is 11.3 Å². The predicted octanol–water partition coefficient (Wildman–Crippen LogP) is 1.78. The van der Waals surface area contributed by atoms with Gasteiger partial charge in [0, 0.05) is 6.07 Å². The van der Waals surface area contributed by atoms with Crippen LogP contribution in [-0.4, -0.2) is 37.3 Å². The number of aryl methyl sites for hydroxylation is 1. The summed E-state index contributed by atoms with van der Waals surface area (Å²) in [5, 5.41) is 22.6. The van der Waals surface area contributed by atoms with Gasteiger partial charge in [-0.1, -0.05) is 13.8 Å². The van der Waals surface area contributed by atoms with Crippen LogP contribution in [0.25, 0.3) is 5.65 Å². The van der Waals surface area contributed by atoms with Crippen molar-refractivity contribution < 1.29 is 19.6 Å². The summed E-state index contributed by atoms with van der Waals surface area (Å²) in [6.45, 7) is 5.29. The van der Waals surface area contributed by atoms with Gasteiger partial charge < -0.3 is 10.4 Å². The van der Waals surface area contributed by atoms with E-state index in [1.54, 1.807) is 6.92 Å². The summed E-state index contributed by atoms with van der Waals surface area (Å²) in [5.41, 5.74) is 0.635. The minimum Gasteiger partial charge on any atom is -0.480 e. The molecule has 0 spiro atoms. The third-order valence-corrected chi connectivity index (χ3v) is 3.51. The summed E-state index contributed by atoms with van der Waals surface area (Å²) in [4.78, 5) is 38.3. The smallest absolute Gasteiger partial charge is 0.326 e. The van der Waals surface area contributed by atoms with Crippen LogP contribution < -0.4 is 5.32 Å². The monoisotopic (exact) mass is 334 g/mol. The van der Waals surface area contributed by atoms with Crippen LogP contribution in [-0.2, 0) is 4.79 Å². The number of aromatic nitrogens is 2. The molecule has 0 saturated heterocycles. The molecule has 2 N–H and O–H groups in total. The van der Waals surface area contributed by atoms with E-state index < -0.39 is 22.8 Å². The average Bonchev–Trinajstić information content (AvgIpc) is 2.80. The third kappa shape index (κ3) is 3.50. The van der Waals surface area contributed by atoms with E-state index >= 15 is 0 Å². The fourth-order valence-electron chi connectivity index (χ4n) is 2.45. The Morgan fingerprint density at radius 3 is 2.62 bits per heavy atom. The van der Waals surface area contributed by atoms with Gasteiger partial charge in [-0.25, -0.2) is 9.78 Å². The largest absolute Gasteiger partial charge is 0.480 e. The molecule has 2 aromatic heterocycles. The molecule has 2 rings (SSSR count). The van der Waals surface area contributed by atoms with Gasteiger partial charge in [0.15, 0.2) is 0 Å². The number of carboxylic acids is 1. The zero-order valence-corrected chi connectivity index (χ0v) is 13.5. The van der Waals surface area contributed by atoms with Crippen LogP contribution in [0.1, 0.15) is 36.5 Å². The maximum absolute atomic E-state index is 12.5. The van der Waals surface area contributed by atoms with Gasteiger partial charge in [-0.05, 0) is 25.3 Å². The highest BCUT2D eigenvalue weighted by Crippen LogP contribution is 2.18. The summed E-state index contributed by atoms with van der Waals surface area (Å²) >= 11 is 0. The van der Waals surface area contributed by atoms with Crippen LogP contribution >= 0.6 is 0 Å². The number of carbonyl (C=O) groups excluding carboxylic acids is 1. The molecule has 2 aromatic rings. The van der Waals surface area contributed by atoms with E-state index in [1.165, 1.54) is 22.7 Å². The van der Waals surface area contributed by atoms with Crippen molar-refractivity contribution in [2.24, 2.45) is 5.92 Å². The summed E-state index contributed by atoms with van der Waals surface area (Å²) in [5.74, 6) is -1.68. The molecule has 0 radical (unpaired) electrons. The van der Waals surface area contributed by atoms with Crippen molar-refractivity contribution >= 4 is 23.2 Å². The molecule has 1 unspecified atom stereocenters. The SMILES string of the molecule is Cc1nc2ccc([N+](=O)[O-])cn2c1C(=O)NC(CC(C)C)C(=O)O. The Hall–Kier alpha value is -2.97. The lowest BCUT2D eigenvalue weighted by Gasteiger charge is -2.16. The molecule has 0 aliphatic heterocycles. The molecule has 0 aromatic carbocycles. The highest BCUT2D eigenvalue weighted by atomic mass is 16.6. The van der Waals surface area contributed by atoms with Gasteiger partial charge >= 0.3 is 5.97 Å². The molecule has 0 aliphatic rings. The van der Waals surface area contributed by atoms with Gasteiger partial charge in [0.2, 0.25) is 0 Å². The first-order valence-electron chi connectivity index (χ1n) is 7.37. The second-order valence-electron chi connectivity index (χ2n) is 5.91. The normalized spacial score (nSPS) is 12.3. The number of aliphatic carboxylic acids is 1. The number of pyridine rings is 1. The Kier molecular flexibility index (Phi) is 4.82. The first-order valence-corrected chi connectivity index (χ1v) is 7.37. The average molecular weight is 334 g/mol. The Bertz CT molecular complexity index is 812. The molecule has 0 fully saturated rings.